The number of hydrogen-bond donors (Lipinski definition) is 1. The van der Waals surface area contributed by atoms with Crippen LogP contribution in [-0.4, -0.2) is 0 Å². The third-order valence-corrected chi connectivity index (χ3v) is 1.76. The second-order valence-corrected chi connectivity index (χ2v) is 2.55. The Labute approximate surface area is 80.0 Å². The summed E-state index contributed by atoms with van der Waals surface area (Å²) in [5.74, 6) is -0.224. The van der Waals surface area contributed by atoms with Crippen molar-refractivity contribution in [2.24, 2.45) is 0 Å². The van der Waals surface area contributed by atoms with Gasteiger partial charge in [-0.3, -0.25) is 0 Å². The molecule has 13 heavy (non-hydrogen) atoms. The van der Waals surface area contributed by atoms with Crippen LogP contribution in [0, 0.1) is 0 Å². The fourth-order valence-corrected chi connectivity index (χ4v) is 0.862. The number of allylic oxidation sites excluding steroid dienone is 4. The Morgan fingerprint density at radius 1 is 1.38 bits per heavy atom. The lowest BCUT2D eigenvalue weighted by atomic mass is 10.1. The predicted molar refractivity (Wildman–Crippen MR) is 55.8 cm³/mol. The zero-order chi connectivity index (χ0) is 10.3. The summed E-state index contributed by atoms with van der Waals surface area (Å²) < 4.78 is 12.4. The molecule has 0 amide bonds. The SMILES string of the molecule is CC.CC/C(C)=C1\C=CC(F)=CN1. The van der Waals surface area contributed by atoms with E-state index in [4.69, 9.17) is 0 Å². The highest BCUT2D eigenvalue weighted by Crippen LogP contribution is 2.12. The molecule has 74 valence electrons. The first-order valence-electron chi connectivity index (χ1n) is 4.74. The average molecular weight is 183 g/mol. The van der Waals surface area contributed by atoms with Crippen LogP contribution in [-0.2, 0) is 0 Å². The van der Waals surface area contributed by atoms with Gasteiger partial charge in [-0.15, -0.1) is 0 Å². The Hall–Kier alpha value is -1.05. The maximum atomic E-state index is 12.4. The molecule has 0 bridgehead atoms. The van der Waals surface area contributed by atoms with E-state index in [0.717, 1.165) is 12.1 Å². The summed E-state index contributed by atoms with van der Waals surface area (Å²) in [6.45, 7) is 8.11. The molecule has 0 radical (unpaired) electrons. The molecule has 1 rings (SSSR count). The number of halogens is 1. The zero-order valence-corrected chi connectivity index (χ0v) is 8.82. The maximum absolute atomic E-state index is 12.4. The largest absolute Gasteiger partial charge is 0.359 e. The fraction of sp³-hybridized carbons (Fsp3) is 0.455. The quantitative estimate of drug-likeness (QED) is 0.654. The van der Waals surface area contributed by atoms with Crippen LogP contribution in [0.15, 0.2) is 35.4 Å². The number of nitrogens with one attached hydrogen (secondary N) is 1. The summed E-state index contributed by atoms with van der Waals surface area (Å²) in [6, 6.07) is 0. The van der Waals surface area contributed by atoms with Crippen molar-refractivity contribution in [1.82, 2.24) is 5.32 Å². The van der Waals surface area contributed by atoms with Crippen molar-refractivity contribution in [3.05, 3.63) is 35.4 Å². The summed E-state index contributed by atoms with van der Waals surface area (Å²) >= 11 is 0. The Morgan fingerprint density at radius 3 is 2.38 bits per heavy atom. The van der Waals surface area contributed by atoms with Gasteiger partial charge in [0.15, 0.2) is 0 Å². The van der Waals surface area contributed by atoms with Crippen molar-refractivity contribution in [2.45, 2.75) is 34.1 Å². The van der Waals surface area contributed by atoms with Gasteiger partial charge in [0.1, 0.15) is 5.83 Å². The van der Waals surface area contributed by atoms with Gasteiger partial charge in [-0.2, -0.15) is 0 Å². The van der Waals surface area contributed by atoms with Crippen LogP contribution in [0.2, 0.25) is 0 Å². The number of hydrogen-bond acceptors (Lipinski definition) is 1. The first kappa shape index (κ1) is 11.9. The minimum Gasteiger partial charge on any atom is -0.359 e. The molecule has 0 saturated carbocycles. The third kappa shape index (κ3) is 3.92. The fourth-order valence-electron chi connectivity index (χ4n) is 0.862. The van der Waals surface area contributed by atoms with E-state index in [1.807, 2.05) is 20.8 Å². The predicted octanol–water partition coefficient (Wildman–Crippen LogP) is 3.67. The standard InChI is InChI=1S/C9H12FN.C2H6/c1-3-7(2)9-5-4-8(10)6-11-9;1-2/h4-6,11H,3H2,1-2H3;1-2H3/b9-7+;. The minimum atomic E-state index is -0.224. The summed E-state index contributed by atoms with van der Waals surface area (Å²) in [4.78, 5) is 0. The van der Waals surface area contributed by atoms with Crippen LogP contribution in [0.1, 0.15) is 34.1 Å². The van der Waals surface area contributed by atoms with Crippen LogP contribution in [0.5, 0.6) is 0 Å². The van der Waals surface area contributed by atoms with Gasteiger partial charge in [0.05, 0.1) is 0 Å². The van der Waals surface area contributed by atoms with Crippen molar-refractivity contribution >= 4 is 0 Å². The Bertz CT molecular complexity index is 236. The molecule has 1 heterocycles. The smallest absolute Gasteiger partial charge is 0.139 e. The molecule has 0 aromatic carbocycles. The highest BCUT2D eigenvalue weighted by molar-refractivity contribution is 5.32. The first-order chi connectivity index (χ1) is 6.24. The van der Waals surface area contributed by atoms with Gasteiger partial charge in [0.2, 0.25) is 0 Å². The summed E-state index contributed by atoms with van der Waals surface area (Å²) in [5.41, 5.74) is 2.25. The molecule has 1 N–H and O–H groups in total. The summed E-state index contributed by atoms with van der Waals surface area (Å²) in [7, 11) is 0. The van der Waals surface area contributed by atoms with E-state index < -0.39 is 0 Å². The third-order valence-electron chi connectivity index (χ3n) is 1.76. The highest BCUT2D eigenvalue weighted by atomic mass is 19.1. The van der Waals surface area contributed by atoms with E-state index >= 15 is 0 Å². The van der Waals surface area contributed by atoms with Gasteiger partial charge >= 0.3 is 0 Å². The van der Waals surface area contributed by atoms with E-state index in [1.165, 1.54) is 17.8 Å². The molecular formula is C11H18FN. The Kier molecular flexibility index (Phi) is 5.94. The Morgan fingerprint density at radius 2 is 2.00 bits per heavy atom. The molecule has 0 atom stereocenters. The zero-order valence-electron chi connectivity index (χ0n) is 8.82. The molecule has 1 nitrogen and oxygen atoms in total. The number of dihydropyridines is 1. The minimum absolute atomic E-state index is 0.224. The lowest BCUT2D eigenvalue weighted by molar-refractivity contribution is 0.652. The van der Waals surface area contributed by atoms with Crippen LogP contribution < -0.4 is 5.32 Å². The summed E-state index contributed by atoms with van der Waals surface area (Å²) in [6.07, 6.45) is 5.58. The van der Waals surface area contributed by atoms with E-state index in [0.29, 0.717) is 0 Å². The number of rotatable bonds is 1. The second kappa shape index (κ2) is 6.46. The Balaban J connectivity index is 0.000000671. The van der Waals surface area contributed by atoms with Crippen LogP contribution in [0.4, 0.5) is 4.39 Å². The molecule has 2 heteroatoms. The van der Waals surface area contributed by atoms with Crippen molar-refractivity contribution in [2.75, 3.05) is 0 Å². The van der Waals surface area contributed by atoms with E-state index in [-0.39, 0.29) is 5.83 Å². The van der Waals surface area contributed by atoms with Crippen molar-refractivity contribution in [1.29, 1.82) is 0 Å². The molecule has 1 aliphatic rings. The van der Waals surface area contributed by atoms with Crippen molar-refractivity contribution in [3.63, 3.8) is 0 Å². The van der Waals surface area contributed by atoms with Gasteiger partial charge in [0.25, 0.3) is 0 Å². The molecular weight excluding hydrogens is 165 g/mol. The molecule has 0 unspecified atom stereocenters. The van der Waals surface area contributed by atoms with Crippen molar-refractivity contribution < 1.29 is 4.39 Å². The molecule has 0 spiro atoms. The first-order valence-corrected chi connectivity index (χ1v) is 4.74. The second-order valence-electron chi connectivity index (χ2n) is 2.55. The van der Waals surface area contributed by atoms with Gasteiger partial charge in [-0.1, -0.05) is 26.3 Å². The molecule has 1 aliphatic heterocycles. The molecule has 0 aromatic rings. The highest BCUT2D eigenvalue weighted by Gasteiger charge is 2.00. The van der Waals surface area contributed by atoms with Crippen LogP contribution in [0.3, 0.4) is 0 Å². The lowest BCUT2D eigenvalue weighted by Crippen LogP contribution is -2.08. The lowest BCUT2D eigenvalue weighted by Gasteiger charge is -2.09. The molecule has 0 saturated heterocycles. The van der Waals surface area contributed by atoms with E-state index in [2.05, 4.69) is 12.2 Å². The summed E-state index contributed by atoms with van der Waals surface area (Å²) in [5, 5.41) is 2.88. The average Bonchev–Trinajstić information content (AvgIpc) is 2.21. The van der Waals surface area contributed by atoms with Gasteiger partial charge in [-0.25, -0.2) is 4.39 Å². The van der Waals surface area contributed by atoms with Crippen LogP contribution in [0.25, 0.3) is 0 Å². The van der Waals surface area contributed by atoms with Crippen molar-refractivity contribution in [3.8, 4) is 0 Å². The maximum Gasteiger partial charge on any atom is 0.139 e. The molecule has 0 fully saturated rings. The van der Waals surface area contributed by atoms with E-state index in [9.17, 15) is 4.39 Å². The normalized spacial score (nSPS) is 18.1. The van der Waals surface area contributed by atoms with E-state index in [1.54, 1.807) is 6.08 Å². The monoisotopic (exact) mass is 183 g/mol. The molecule has 0 aliphatic carbocycles. The van der Waals surface area contributed by atoms with Gasteiger partial charge in [-0.05, 0) is 25.5 Å². The molecule has 0 aromatic heterocycles. The van der Waals surface area contributed by atoms with Gasteiger partial charge in [0, 0.05) is 11.9 Å². The topological polar surface area (TPSA) is 12.0 Å². The van der Waals surface area contributed by atoms with Crippen LogP contribution >= 0.6 is 0 Å². The van der Waals surface area contributed by atoms with Gasteiger partial charge < -0.3 is 5.32 Å².